The van der Waals surface area contributed by atoms with Gasteiger partial charge in [-0.3, -0.25) is 5.10 Å². The summed E-state index contributed by atoms with van der Waals surface area (Å²) in [5.74, 6) is 0.226. The van der Waals surface area contributed by atoms with Gasteiger partial charge in [0.25, 0.3) is 0 Å². The molecule has 0 fully saturated rings. The quantitative estimate of drug-likeness (QED) is 0.441. The molecule has 11 heteroatoms. The van der Waals surface area contributed by atoms with Crippen molar-refractivity contribution in [1.29, 1.82) is 0 Å². The van der Waals surface area contributed by atoms with Crippen LogP contribution < -0.4 is 15.8 Å². The third-order valence-electron chi connectivity index (χ3n) is 4.40. The van der Waals surface area contributed by atoms with Crippen LogP contribution in [0.3, 0.4) is 0 Å². The van der Waals surface area contributed by atoms with Crippen molar-refractivity contribution in [3.8, 4) is 17.0 Å². The zero-order chi connectivity index (χ0) is 21.5. The summed E-state index contributed by atoms with van der Waals surface area (Å²) in [5.41, 5.74) is 8.01. The lowest BCUT2D eigenvalue weighted by Crippen LogP contribution is -2.04. The molecule has 30 heavy (non-hydrogen) atoms. The molecule has 0 radical (unpaired) electrons. The molecule has 0 aliphatic rings. The van der Waals surface area contributed by atoms with Crippen molar-refractivity contribution in [2.24, 2.45) is 0 Å². The van der Waals surface area contributed by atoms with E-state index in [9.17, 15) is 12.8 Å². The highest BCUT2D eigenvalue weighted by Gasteiger charge is 2.15. The number of hydrogen-bond donors (Lipinski definition) is 3. The van der Waals surface area contributed by atoms with E-state index in [2.05, 4.69) is 25.5 Å². The molecule has 0 saturated carbocycles. The minimum atomic E-state index is -3.45. The molecule has 0 aliphatic heterocycles. The summed E-state index contributed by atoms with van der Waals surface area (Å²) in [6.45, 7) is 0. The van der Waals surface area contributed by atoms with Crippen molar-refractivity contribution in [3.63, 3.8) is 0 Å². The van der Waals surface area contributed by atoms with Crippen LogP contribution in [0.15, 0.2) is 47.5 Å². The topological polar surface area (TPSA) is 136 Å². The van der Waals surface area contributed by atoms with E-state index in [1.807, 2.05) is 0 Å². The first-order chi connectivity index (χ1) is 14.2. The Morgan fingerprint density at radius 1 is 1.20 bits per heavy atom. The van der Waals surface area contributed by atoms with E-state index in [1.54, 1.807) is 12.1 Å². The molecule has 0 atom stereocenters. The molecule has 4 aromatic rings. The van der Waals surface area contributed by atoms with Crippen LogP contribution in [-0.2, 0) is 9.84 Å². The van der Waals surface area contributed by atoms with E-state index >= 15 is 0 Å². The Kier molecular flexibility index (Phi) is 4.74. The van der Waals surface area contributed by atoms with E-state index < -0.39 is 15.7 Å². The van der Waals surface area contributed by atoms with Gasteiger partial charge in [0.2, 0.25) is 5.95 Å². The second-order valence-electron chi connectivity index (χ2n) is 6.55. The number of H-pyrrole nitrogens is 1. The van der Waals surface area contributed by atoms with Crippen molar-refractivity contribution in [2.45, 2.75) is 4.90 Å². The predicted octanol–water partition coefficient (Wildman–Crippen LogP) is 2.90. The van der Waals surface area contributed by atoms with Gasteiger partial charge < -0.3 is 15.8 Å². The molecule has 9 nitrogen and oxygen atoms in total. The largest absolute Gasteiger partial charge is 0.497 e. The van der Waals surface area contributed by atoms with E-state index in [0.29, 0.717) is 33.6 Å². The van der Waals surface area contributed by atoms with Crippen molar-refractivity contribution >= 4 is 38.2 Å². The van der Waals surface area contributed by atoms with Gasteiger partial charge in [0.15, 0.2) is 9.84 Å². The average molecular weight is 428 g/mol. The summed E-state index contributed by atoms with van der Waals surface area (Å²) in [5, 5.41) is 10.5. The van der Waals surface area contributed by atoms with Crippen LogP contribution in [0.4, 0.5) is 21.8 Å². The number of halogens is 1. The van der Waals surface area contributed by atoms with E-state index in [1.165, 1.54) is 37.6 Å². The molecule has 0 spiro atoms. The summed E-state index contributed by atoms with van der Waals surface area (Å²) in [6.07, 6.45) is 2.56. The minimum Gasteiger partial charge on any atom is -0.497 e. The first kappa shape index (κ1) is 19.6. The number of nitrogens with two attached hydrogens (primary N) is 1. The number of benzene rings is 2. The number of hydrogen-bond acceptors (Lipinski definition) is 8. The highest BCUT2D eigenvalue weighted by molar-refractivity contribution is 7.90. The van der Waals surface area contributed by atoms with Crippen LogP contribution in [0.25, 0.3) is 22.2 Å². The van der Waals surface area contributed by atoms with Gasteiger partial charge in [0.1, 0.15) is 23.1 Å². The molecular weight excluding hydrogens is 411 g/mol. The number of aromatic amines is 1. The van der Waals surface area contributed by atoms with Gasteiger partial charge in [-0.1, -0.05) is 0 Å². The lowest BCUT2D eigenvalue weighted by atomic mass is 10.1. The normalized spacial score (nSPS) is 11.6. The van der Waals surface area contributed by atoms with Crippen molar-refractivity contribution in [2.75, 3.05) is 24.4 Å². The average Bonchev–Trinajstić information content (AvgIpc) is 3.10. The number of anilines is 3. The van der Waals surface area contributed by atoms with Crippen LogP contribution in [0.2, 0.25) is 0 Å². The Balaban J connectivity index is 1.70. The lowest BCUT2D eigenvalue weighted by Gasteiger charge is -2.10. The monoisotopic (exact) mass is 428 g/mol. The molecule has 4 N–H and O–H groups in total. The number of aromatic nitrogens is 4. The molecule has 0 saturated heterocycles. The zero-order valence-electron chi connectivity index (χ0n) is 16.0. The summed E-state index contributed by atoms with van der Waals surface area (Å²) in [6, 6.07) is 8.72. The molecular formula is C19H17FN6O3S. The fourth-order valence-electron chi connectivity index (χ4n) is 2.93. The Hall–Kier alpha value is -3.73. The van der Waals surface area contributed by atoms with E-state index in [-0.39, 0.29) is 16.7 Å². The molecule has 2 aromatic carbocycles. The Bertz CT molecular complexity index is 1370. The number of methoxy groups -OCH3 is 1. The minimum absolute atomic E-state index is 0.0824. The maximum Gasteiger partial charge on any atom is 0.229 e. The van der Waals surface area contributed by atoms with Crippen LogP contribution in [-0.4, -0.2) is 41.9 Å². The van der Waals surface area contributed by atoms with Gasteiger partial charge in [0, 0.05) is 29.6 Å². The molecule has 0 aliphatic carbocycles. The van der Waals surface area contributed by atoms with Crippen molar-refractivity contribution < 1.29 is 17.5 Å². The van der Waals surface area contributed by atoms with Gasteiger partial charge in [-0.05, 0) is 30.3 Å². The SMILES string of the molecule is COc1cc(Nc2ncc(-c3n[nH]c4ccc(F)cc34)c(N)n2)cc(S(C)(=O)=O)c1. The Morgan fingerprint density at radius 3 is 2.70 bits per heavy atom. The van der Waals surface area contributed by atoms with Gasteiger partial charge in [0.05, 0.1) is 23.1 Å². The number of fused-ring (bicyclic) bond motifs is 1. The lowest BCUT2D eigenvalue weighted by molar-refractivity contribution is 0.413. The maximum absolute atomic E-state index is 13.6. The summed E-state index contributed by atoms with van der Waals surface area (Å²) in [7, 11) is -2.01. The number of ether oxygens (including phenoxy) is 1. The van der Waals surface area contributed by atoms with E-state index in [0.717, 1.165) is 6.26 Å². The maximum atomic E-state index is 13.6. The number of nitrogen functional groups attached to an aromatic ring is 1. The Morgan fingerprint density at radius 2 is 2.00 bits per heavy atom. The van der Waals surface area contributed by atoms with Crippen LogP contribution in [0.1, 0.15) is 0 Å². The smallest absolute Gasteiger partial charge is 0.229 e. The molecule has 154 valence electrons. The predicted molar refractivity (Wildman–Crippen MR) is 111 cm³/mol. The molecule has 0 unspecified atom stereocenters. The van der Waals surface area contributed by atoms with Crippen LogP contribution in [0, 0.1) is 5.82 Å². The van der Waals surface area contributed by atoms with Gasteiger partial charge in [-0.2, -0.15) is 10.1 Å². The van der Waals surface area contributed by atoms with E-state index in [4.69, 9.17) is 10.5 Å². The number of nitrogens with one attached hydrogen (secondary N) is 2. The number of sulfone groups is 1. The third-order valence-corrected chi connectivity index (χ3v) is 5.49. The van der Waals surface area contributed by atoms with Crippen LogP contribution in [0.5, 0.6) is 5.75 Å². The molecule has 0 amide bonds. The van der Waals surface area contributed by atoms with Gasteiger partial charge in [-0.25, -0.2) is 17.8 Å². The zero-order valence-corrected chi connectivity index (χ0v) is 16.8. The summed E-state index contributed by atoms with van der Waals surface area (Å²) >= 11 is 0. The third kappa shape index (κ3) is 3.74. The molecule has 4 rings (SSSR count). The summed E-state index contributed by atoms with van der Waals surface area (Å²) in [4.78, 5) is 8.53. The number of rotatable bonds is 5. The molecule has 0 bridgehead atoms. The molecule has 2 heterocycles. The summed E-state index contributed by atoms with van der Waals surface area (Å²) < 4.78 is 42.6. The highest BCUT2D eigenvalue weighted by atomic mass is 32.2. The first-order valence-corrected chi connectivity index (χ1v) is 10.6. The standard InChI is InChI=1S/C19H17FN6O3S/c1-29-12-6-11(7-13(8-12)30(2,27)28)23-19-22-9-15(18(21)24-19)17-14-5-10(20)3-4-16(14)25-26-17/h3-9H,1-2H3,(H,25,26)(H3,21,22,23,24). The van der Waals surface area contributed by atoms with Crippen molar-refractivity contribution in [1.82, 2.24) is 20.2 Å². The first-order valence-electron chi connectivity index (χ1n) is 8.67. The fourth-order valence-corrected chi connectivity index (χ4v) is 3.61. The second-order valence-corrected chi connectivity index (χ2v) is 8.56. The van der Waals surface area contributed by atoms with Gasteiger partial charge in [-0.15, -0.1) is 0 Å². The number of nitrogens with zero attached hydrogens (tertiary/aromatic N) is 3. The van der Waals surface area contributed by atoms with Crippen molar-refractivity contribution in [3.05, 3.63) is 48.4 Å². The highest BCUT2D eigenvalue weighted by Crippen LogP contribution is 2.31. The molecule has 2 aromatic heterocycles. The van der Waals surface area contributed by atoms with Gasteiger partial charge >= 0.3 is 0 Å². The Labute approximate surface area is 171 Å². The fraction of sp³-hybridized carbons (Fsp3) is 0.105. The van der Waals surface area contributed by atoms with Crippen LogP contribution >= 0.6 is 0 Å². The second kappa shape index (κ2) is 7.26.